The van der Waals surface area contributed by atoms with Crippen LogP contribution >= 0.6 is 0 Å². The number of hydrogen-bond donors (Lipinski definition) is 2. The summed E-state index contributed by atoms with van der Waals surface area (Å²) in [4.78, 5) is 25.8. The molecule has 0 aliphatic carbocycles. The van der Waals surface area contributed by atoms with Gasteiger partial charge in [0.05, 0.1) is 16.9 Å². The first-order chi connectivity index (χ1) is 12.4. The van der Waals surface area contributed by atoms with Crippen LogP contribution in [-0.4, -0.2) is 53.4 Å². The number of carbonyl (C=O) groups is 1. The third-order valence-corrected chi connectivity index (χ3v) is 5.00. The number of hydrazine groups is 1. The first-order valence-electron chi connectivity index (χ1n) is 8.40. The second-order valence-electron chi connectivity index (χ2n) is 6.70. The van der Waals surface area contributed by atoms with E-state index in [4.69, 9.17) is 10.6 Å². The second kappa shape index (κ2) is 5.96. The number of ether oxygens (including phenoxy) is 1. The van der Waals surface area contributed by atoms with Gasteiger partial charge in [-0.2, -0.15) is 0 Å². The Morgan fingerprint density at radius 2 is 2.04 bits per heavy atom. The van der Waals surface area contributed by atoms with Crippen LogP contribution in [0.5, 0.6) is 5.75 Å². The maximum Gasteiger partial charge on any atom is 0.341 e. The summed E-state index contributed by atoms with van der Waals surface area (Å²) < 4.78 is 22.5. The highest BCUT2D eigenvalue weighted by atomic mass is 19.1. The van der Waals surface area contributed by atoms with Gasteiger partial charge in [-0.15, -0.1) is 0 Å². The molecule has 0 spiro atoms. The van der Waals surface area contributed by atoms with Gasteiger partial charge < -0.3 is 19.3 Å². The minimum atomic E-state index is -1.33. The summed E-state index contributed by atoms with van der Waals surface area (Å²) >= 11 is 0. The van der Waals surface area contributed by atoms with E-state index >= 15 is 0 Å². The lowest BCUT2D eigenvalue weighted by atomic mass is 10.1. The van der Waals surface area contributed by atoms with Crippen molar-refractivity contribution in [3.05, 3.63) is 33.9 Å². The van der Waals surface area contributed by atoms with Crippen molar-refractivity contribution in [3.8, 4) is 5.75 Å². The Balaban J connectivity index is 2.00. The number of benzene rings is 1. The van der Waals surface area contributed by atoms with E-state index in [1.807, 2.05) is 11.8 Å². The van der Waals surface area contributed by atoms with Crippen molar-refractivity contribution < 1.29 is 19.0 Å². The number of carboxylic acids is 1. The Labute approximate surface area is 148 Å². The molecule has 4 rings (SSSR count). The highest BCUT2D eigenvalue weighted by Gasteiger charge is 2.30. The average molecular weight is 362 g/mol. The number of aromatic carboxylic acids is 1. The number of pyridine rings is 1. The minimum Gasteiger partial charge on any atom is -0.487 e. The van der Waals surface area contributed by atoms with Gasteiger partial charge in [0.25, 0.3) is 0 Å². The molecule has 2 aromatic rings. The lowest BCUT2D eigenvalue weighted by Gasteiger charge is -2.36. The summed E-state index contributed by atoms with van der Waals surface area (Å²) in [5, 5.41) is 11.0. The molecule has 8 nitrogen and oxygen atoms in total. The van der Waals surface area contributed by atoms with Crippen molar-refractivity contribution in [3.63, 3.8) is 0 Å². The molecule has 3 heterocycles. The molecule has 138 valence electrons. The molecule has 0 bridgehead atoms. The molecule has 3 N–H and O–H groups in total. The highest BCUT2D eigenvalue weighted by molar-refractivity contribution is 5.97. The molecule has 0 saturated carbocycles. The summed E-state index contributed by atoms with van der Waals surface area (Å²) in [7, 11) is 0. The smallest absolute Gasteiger partial charge is 0.341 e. The number of halogens is 1. The lowest BCUT2D eigenvalue weighted by molar-refractivity contribution is 0.0694. The van der Waals surface area contributed by atoms with E-state index in [1.54, 1.807) is 9.58 Å². The van der Waals surface area contributed by atoms with Gasteiger partial charge in [0, 0.05) is 32.4 Å². The van der Waals surface area contributed by atoms with Crippen LogP contribution in [0.4, 0.5) is 10.1 Å². The number of aromatic nitrogens is 1. The second-order valence-corrected chi connectivity index (χ2v) is 6.70. The van der Waals surface area contributed by atoms with Crippen molar-refractivity contribution in [2.75, 3.05) is 37.7 Å². The van der Waals surface area contributed by atoms with Gasteiger partial charge in [-0.1, -0.05) is 0 Å². The Hall–Kier alpha value is -2.65. The van der Waals surface area contributed by atoms with Crippen molar-refractivity contribution >= 4 is 22.6 Å². The van der Waals surface area contributed by atoms with Crippen LogP contribution in [0.3, 0.4) is 0 Å². The van der Waals surface area contributed by atoms with Crippen LogP contribution < -0.4 is 20.9 Å². The number of nitrogens with two attached hydrogens (primary N) is 1. The number of anilines is 1. The van der Waals surface area contributed by atoms with Gasteiger partial charge in [0.1, 0.15) is 17.9 Å². The molecule has 0 radical (unpaired) electrons. The Bertz CT molecular complexity index is 966. The van der Waals surface area contributed by atoms with E-state index in [2.05, 4.69) is 0 Å². The van der Waals surface area contributed by atoms with Gasteiger partial charge >= 0.3 is 5.97 Å². The van der Waals surface area contributed by atoms with Crippen LogP contribution in [0.25, 0.3) is 10.9 Å². The van der Waals surface area contributed by atoms with Gasteiger partial charge in [-0.25, -0.2) is 14.2 Å². The van der Waals surface area contributed by atoms with Gasteiger partial charge in [0.2, 0.25) is 5.43 Å². The third kappa shape index (κ3) is 2.43. The topological polar surface area (TPSA) is 101 Å². The summed E-state index contributed by atoms with van der Waals surface area (Å²) in [5.41, 5.74) is -0.347. The molecular weight excluding hydrogens is 343 g/mol. The van der Waals surface area contributed by atoms with E-state index in [-0.39, 0.29) is 29.3 Å². The number of hydrogen-bond acceptors (Lipinski definition) is 6. The van der Waals surface area contributed by atoms with E-state index in [0.29, 0.717) is 37.4 Å². The first-order valence-corrected chi connectivity index (χ1v) is 8.40. The quantitative estimate of drug-likeness (QED) is 0.762. The zero-order valence-corrected chi connectivity index (χ0v) is 14.2. The normalized spacial score (nSPS) is 20.3. The van der Waals surface area contributed by atoms with Crippen molar-refractivity contribution in [1.82, 2.24) is 9.58 Å². The maximum atomic E-state index is 15.0. The summed E-state index contributed by atoms with van der Waals surface area (Å²) in [6.07, 6.45) is 1.32. The Kier molecular flexibility index (Phi) is 3.85. The predicted octanol–water partition coefficient (Wildman–Crippen LogP) is 0.788. The summed E-state index contributed by atoms with van der Waals surface area (Å²) in [5.74, 6) is 4.13. The van der Waals surface area contributed by atoms with Crippen LogP contribution in [0.15, 0.2) is 17.1 Å². The zero-order chi connectivity index (χ0) is 18.6. The molecule has 1 atom stereocenters. The van der Waals surface area contributed by atoms with Gasteiger partial charge in [-0.3, -0.25) is 10.6 Å². The molecule has 1 fully saturated rings. The fourth-order valence-electron chi connectivity index (χ4n) is 3.60. The highest BCUT2D eigenvalue weighted by Crippen LogP contribution is 2.41. The SMILES string of the molecule is C[C@@H]1COc2c(N3CCN(N)CC3)c(F)cc3c(=O)c(C(=O)O)cn1c23. The summed E-state index contributed by atoms with van der Waals surface area (Å²) in [6.45, 7) is 4.34. The lowest BCUT2D eigenvalue weighted by Crippen LogP contribution is -2.49. The van der Waals surface area contributed by atoms with Gasteiger partial charge in [-0.05, 0) is 13.0 Å². The van der Waals surface area contributed by atoms with Crippen LogP contribution in [-0.2, 0) is 0 Å². The average Bonchev–Trinajstić information content (AvgIpc) is 2.60. The van der Waals surface area contributed by atoms with Crippen molar-refractivity contribution in [1.29, 1.82) is 0 Å². The molecule has 1 aromatic carbocycles. The maximum absolute atomic E-state index is 15.0. The molecular formula is C17H19FN4O4. The molecule has 0 amide bonds. The van der Waals surface area contributed by atoms with E-state index < -0.39 is 17.2 Å². The first kappa shape index (κ1) is 16.8. The van der Waals surface area contributed by atoms with Crippen molar-refractivity contribution in [2.45, 2.75) is 13.0 Å². The van der Waals surface area contributed by atoms with Crippen LogP contribution in [0.2, 0.25) is 0 Å². The molecule has 26 heavy (non-hydrogen) atoms. The molecule has 2 aliphatic heterocycles. The predicted molar refractivity (Wildman–Crippen MR) is 93.3 cm³/mol. The molecule has 1 aromatic heterocycles. The van der Waals surface area contributed by atoms with E-state index in [0.717, 1.165) is 6.07 Å². The number of nitrogens with zero attached hydrogens (tertiary/aromatic N) is 3. The fraction of sp³-hybridized carbons (Fsp3) is 0.412. The van der Waals surface area contributed by atoms with E-state index in [1.165, 1.54) is 6.20 Å². The van der Waals surface area contributed by atoms with Crippen LogP contribution in [0.1, 0.15) is 23.3 Å². The van der Waals surface area contributed by atoms with E-state index in [9.17, 15) is 19.1 Å². The van der Waals surface area contributed by atoms with Crippen molar-refractivity contribution in [2.24, 2.45) is 5.84 Å². The third-order valence-electron chi connectivity index (χ3n) is 5.00. The number of rotatable bonds is 2. The Morgan fingerprint density at radius 3 is 2.69 bits per heavy atom. The van der Waals surface area contributed by atoms with Crippen LogP contribution in [0, 0.1) is 5.82 Å². The number of piperazine rings is 1. The minimum absolute atomic E-state index is 0.0187. The molecule has 9 heteroatoms. The molecule has 0 unspecified atom stereocenters. The largest absolute Gasteiger partial charge is 0.487 e. The summed E-state index contributed by atoms with van der Waals surface area (Å²) in [6, 6.07) is 0.943. The monoisotopic (exact) mass is 362 g/mol. The number of carboxylic acid groups (broad SMARTS) is 1. The molecule has 2 aliphatic rings. The molecule has 1 saturated heterocycles. The Morgan fingerprint density at radius 1 is 1.35 bits per heavy atom. The fourth-order valence-corrected chi connectivity index (χ4v) is 3.60. The van der Waals surface area contributed by atoms with Gasteiger partial charge in [0.15, 0.2) is 11.6 Å². The zero-order valence-electron chi connectivity index (χ0n) is 14.2. The standard InChI is InChI=1S/C17H19FN4O4/c1-9-8-26-16-13-10(15(23)11(17(24)25)7-22(9)13)6-12(18)14(16)20-2-4-21(19)5-3-20/h6-7,9H,2-5,8,19H2,1H3,(H,24,25)/t9-/m1/s1.